The van der Waals surface area contributed by atoms with Crippen LogP contribution >= 0.6 is 0 Å². The lowest BCUT2D eigenvalue weighted by Gasteiger charge is -2.35. The molecule has 0 fully saturated rings. The van der Waals surface area contributed by atoms with Crippen LogP contribution in [0, 0.1) is 29.4 Å². The summed E-state index contributed by atoms with van der Waals surface area (Å²) in [5.74, 6) is 0.198. The Kier molecular flexibility index (Phi) is 9.92. The molecule has 0 saturated heterocycles. The third-order valence-electron chi connectivity index (χ3n) is 7.53. The summed E-state index contributed by atoms with van der Waals surface area (Å²) in [4.78, 5) is 3.83. The van der Waals surface area contributed by atoms with Gasteiger partial charge in [0.05, 0.1) is 6.54 Å². The van der Waals surface area contributed by atoms with Crippen molar-refractivity contribution in [1.29, 1.82) is 0 Å². The molecule has 0 spiro atoms. The fraction of sp³-hybridized carbons (Fsp3) is 0.167. The number of allylic oxidation sites excluding steroid dienone is 6. The second kappa shape index (κ2) is 14.2. The van der Waals surface area contributed by atoms with Gasteiger partial charge in [0.25, 0.3) is 0 Å². The molecule has 0 amide bonds. The highest BCUT2D eigenvalue weighted by molar-refractivity contribution is 5.44. The van der Waals surface area contributed by atoms with Crippen LogP contribution in [0.15, 0.2) is 128 Å². The van der Waals surface area contributed by atoms with Gasteiger partial charge in [-0.2, -0.15) is 8.78 Å². The lowest BCUT2D eigenvalue weighted by atomic mass is 9.84. The summed E-state index contributed by atoms with van der Waals surface area (Å²) < 4.78 is 66.9. The van der Waals surface area contributed by atoms with E-state index >= 15 is 8.78 Å². The summed E-state index contributed by atoms with van der Waals surface area (Å²) in [6, 6.07) is 11.3. The standard InChI is InChI=1S/C36H29F4N5O2/c1-3-5-28(4-2)29-13-8-27(9-14-29)22-47-31-16-10-25(11-17-31)6-7-26-12-19-34(41-21-26)36(39,40)35(46,23-45-24-42-43-44-45)32-18-15-30(37)20-33(32)38/h3-5,8-13,15-21,24,29,46H,1-2,14,22-23H2/b28-5+. The summed E-state index contributed by atoms with van der Waals surface area (Å²) in [6.07, 6.45) is 14.8. The number of halogens is 4. The van der Waals surface area contributed by atoms with Gasteiger partial charge in [-0.25, -0.2) is 13.5 Å². The predicted molar refractivity (Wildman–Crippen MR) is 168 cm³/mol. The van der Waals surface area contributed by atoms with E-state index in [2.05, 4.69) is 57.7 Å². The zero-order valence-electron chi connectivity index (χ0n) is 25.0. The van der Waals surface area contributed by atoms with Gasteiger partial charge in [0.1, 0.15) is 36.0 Å². The molecule has 238 valence electrons. The minimum absolute atomic E-state index is 0.257. The van der Waals surface area contributed by atoms with Crippen LogP contribution in [0.2, 0.25) is 0 Å². The Labute approximate surface area is 268 Å². The van der Waals surface area contributed by atoms with Crippen LogP contribution in [0.4, 0.5) is 17.6 Å². The summed E-state index contributed by atoms with van der Waals surface area (Å²) in [5, 5.41) is 21.5. The normalized spacial score (nSPS) is 16.0. The van der Waals surface area contributed by atoms with Crippen molar-refractivity contribution in [2.45, 2.75) is 24.5 Å². The number of alkyl halides is 2. The summed E-state index contributed by atoms with van der Waals surface area (Å²) >= 11 is 0. The Balaban J connectivity index is 1.25. The maximum Gasteiger partial charge on any atom is 0.323 e. The molecule has 1 N–H and O–H groups in total. The first-order valence-corrected chi connectivity index (χ1v) is 14.4. The van der Waals surface area contributed by atoms with Crippen LogP contribution in [0.25, 0.3) is 0 Å². The number of hydrogen-bond acceptors (Lipinski definition) is 6. The molecule has 0 aliphatic heterocycles. The zero-order chi connectivity index (χ0) is 33.4. The average Bonchev–Trinajstić information content (AvgIpc) is 3.59. The van der Waals surface area contributed by atoms with Crippen LogP contribution < -0.4 is 4.74 Å². The van der Waals surface area contributed by atoms with Crippen LogP contribution in [-0.2, 0) is 18.1 Å². The highest BCUT2D eigenvalue weighted by Gasteiger charge is 2.58. The number of hydrogen-bond donors (Lipinski definition) is 1. The molecule has 0 radical (unpaired) electrons. The van der Waals surface area contributed by atoms with E-state index < -0.39 is 41.0 Å². The van der Waals surface area contributed by atoms with Crippen molar-refractivity contribution in [3.63, 3.8) is 0 Å². The van der Waals surface area contributed by atoms with Crippen LogP contribution in [0.3, 0.4) is 0 Å². The highest BCUT2D eigenvalue weighted by Crippen LogP contribution is 2.46. The van der Waals surface area contributed by atoms with Crippen molar-refractivity contribution < 1.29 is 27.4 Å². The summed E-state index contributed by atoms with van der Waals surface area (Å²) in [5.41, 5.74) is -1.80. The van der Waals surface area contributed by atoms with E-state index in [0.29, 0.717) is 29.5 Å². The van der Waals surface area contributed by atoms with E-state index in [9.17, 15) is 13.9 Å². The first-order chi connectivity index (χ1) is 22.6. The molecule has 1 aliphatic rings. The third-order valence-corrected chi connectivity index (χ3v) is 7.53. The molecule has 7 nitrogen and oxygen atoms in total. The molecule has 0 saturated carbocycles. The van der Waals surface area contributed by atoms with Gasteiger partial charge in [-0.15, -0.1) is 5.10 Å². The van der Waals surface area contributed by atoms with Crippen molar-refractivity contribution in [3.05, 3.63) is 162 Å². The van der Waals surface area contributed by atoms with Gasteiger partial charge in [0.15, 0.2) is 5.60 Å². The highest BCUT2D eigenvalue weighted by atomic mass is 19.3. The number of benzene rings is 2. The molecule has 2 aromatic carbocycles. The molecule has 2 aromatic heterocycles. The number of pyridine rings is 1. The molecule has 1 aliphatic carbocycles. The van der Waals surface area contributed by atoms with Gasteiger partial charge in [-0.1, -0.05) is 61.5 Å². The van der Waals surface area contributed by atoms with Gasteiger partial charge in [-0.3, -0.25) is 4.98 Å². The SMILES string of the molecule is C=C/C=C(\C=C)C1C=CC(COc2ccc(C#Cc3ccc(C(F)(F)C(O)(Cn4cnnn4)c4ccc(F)cc4F)nc3)cc2)=CC1. The number of ether oxygens (including phenoxy) is 1. The molecular formula is C36H29F4N5O2. The monoisotopic (exact) mass is 639 g/mol. The molecule has 0 bridgehead atoms. The quantitative estimate of drug-likeness (QED) is 0.113. The van der Waals surface area contributed by atoms with Gasteiger partial charge < -0.3 is 9.84 Å². The Morgan fingerprint density at radius 1 is 1.06 bits per heavy atom. The number of aromatic nitrogens is 5. The molecule has 2 atom stereocenters. The maximum absolute atomic E-state index is 15.9. The second-order valence-corrected chi connectivity index (χ2v) is 10.6. The van der Waals surface area contributed by atoms with Gasteiger partial charge >= 0.3 is 5.92 Å². The van der Waals surface area contributed by atoms with Crippen molar-refractivity contribution in [2.75, 3.05) is 6.61 Å². The zero-order valence-corrected chi connectivity index (χ0v) is 25.0. The lowest BCUT2D eigenvalue weighted by Crippen LogP contribution is -2.48. The predicted octanol–water partition coefficient (Wildman–Crippen LogP) is 6.61. The first kappa shape index (κ1) is 32.8. The number of rotatable bonds is 11. The molecule has 2 heterocycles. The van der Waals surface area contributed by atoms with Crippen molar-refractivity contribution >= 4 is 0 Å². The Hall–Kier alpha value is -5.60. The van der Waals surface area contributed by atoms with E-state index in [1.807, 2.05) is 18.2 Å². The van der Waals surface area contributed by atoms with Crippen LogP contribution in [0.5, 0.6) is 5.75 Å². The Morgan fingerprint density at radius 3 is 2.45 bits per heavy atom. The smallest absolute Gasteiger partial charge is 0.323 e. The third kappa shape index (κ3) is 7.45. The van der Waals surface area contributed by atoms with Gasteiger partial charge in [-0.05, 0) is 76.5 Å². The number of nitrogens with zero attached hydrogens (tertiary/aromatic N) is 5. The molecular weight excluding hydrogens is 610 g/mol. The van der Waals surface area contributed by atoms with Gasteiger partial charge in [0, 0.05) is 34.9 Å². The minimum atomic E-state index is -4.17. The first-order valence-electron chi connectivity index (χ1n) is 14.4. The van der Waals surface area contributed by atoms with Gasteiger partial charge in [0.2, 0.25) is 0 Å². The Bertz CT molecular complexity index is 1890. The number of tetrazole rings is 1. The second-order valence-electron chi connectivity index (χ2n) is 10.6. The minimum Gasteiger partial charge on any atom is -0.489 e. The lowest BCUT2D eigenvalue weighted by molar-refractivity contribution is -0.207. The molecule has 11 heteroatoms. The number of aliphatic hydroxyl groups is 1. The van der Waals surface area contributed by atoms with Crippen LogP contribution in [0.1, 0.15) is 28.8 Å². The molecule has 2 unspecified atom stereocenters. The summed E-state index contributed by atoms with van der Waals surface area (Å²) in [7, 11) is 0. The molecule has 4 aromatic rings. The fourth-order valence-corrected chi connectivity index (χ4v) is 4.97. The largest absolute Gasteiger partial charge is 0.489 e. The summed E-state index contributed by atoms with van der Waals surface area (Å²) in [6.45, 7) is 7.07. The van der Waals surface area contributed by atoms with Crippen molar-refractivity contribution in [1.82, 2.24) is 25.2 Å². The van der Waals surface area contributed by atoms with E-state index in [-0.39, 0.29) is 5.92 Å². The molecule has 5 rings (SSSR count). The van der Waals surface area contributed by atoms with E-state index in [1.54, 1.807) is 30.3 Å². The van der Waals surface area contributed by atoms with E-state index in [4.69, 9.17) is 4.74 Å². The van der Waals surface area contributed by atoms with Crippen LogP contribution in [-0.4, -0.2) is 36.9 Å². The van der Waals surface area contributed by atoms with Crippen molar-refractivity contribution in [3.8, 4) is 17.6 Å². The fourth-order valence-electron chi connectivity index (χ4n) is 4.97. The Morgan fingerprint density at radius 2 is 1.83 bits per heavy atom. The maximum atomic E-state index is 15.9. The molecule has 47 heavy (non-hydrogen) atoms. The van der Waals surface area contributed by atoms with E-state index in [0.717, 1.165) is 53.0 Å². The average molecular weight is 640 g/mol. The van der Waals surface area contributed by atoms with Crippen molar-refractivity contribution in [2.24, 2.45) is 5.92 Å². The topological polar surface area (TPSA) is 86.0 Å². The van der Waals surface area contributed by atoms with E-state index in [1.165, 1.54) is 6.07 Å².